The summed E-state index contributed by atoms with van der Waals surface area (Å²) in [5.41, 5.74) is 0.265. The average Bonchev–Trinajstić information content (AvgIpc) is 2.67. The first-order valence-electron chi connectivity index (χ1n) is 8.43. The Morgan fingerprint density at radius 3 is 2.50 bits per heavy atom. The molecule has 0 aliphatic carbocycles. The van der Waals surface area contributed by atoms with E-state index < -0.39 is 5.63 Å². The minimum absolute atomic E-state index is 0.0757. The van der Waals surface area contributed by atoms with Gasteiger partial charge in [-0.15, -0.1) is 0 Å². The minimum Gasteiger partial charge on any atom is -0.484 e. The number of likely N-dealkylation sites (N-methyl/N-ethyl adjacent to an activating group) is 1. The zero-order chi connectivity index (χ0) is 18.7. The monoisotopic (exact) mass is 353 g/mol. The Hall–Kier alpha value is -3.15. The quantitative estimate of drug-likeness (QED) is 0.387. The van der Waals surface area contributed by atoms with Gasteiger partial charge in [0.25, 0.3) is 5.91 Å². The van der Waals surface area contributed by atoms with E-state index in [-0.39, 0.29) is 12.5 Å². The second kappa shape index (κ2) is 7.39. The van der Waals surface area contributed by atoms with Crippen LogP contribution in [0.3, 0.4) is 0 Å². The van der Waals surface area contributed by atoms with E-state index in [9.17, 15) is 14.4 Å². The Balaban J connectivity index is 1.94. The molecule has 3 rings (SSSR count). The van der Waals surface area contributed by atoms with Crippen LogP contribution in [0, 0.1) is 0 Å². The van der Waals surface area contributed by atoms with E-state index in [1.807, 2.05) is 13.8 Å². The summed E-state index contributed by atoms with van der Waals surface area (Å²) in [6.07, 6.45) is 0.687. The molecule has 134 valence electrons. The number of benzene rings is 2. The molecule has 0 saturated heterocycles. The van der Waals surface area contributed by atoms with Crippen LogP contribution in [-0.4, -0.2) is 36.8 Å². The molecular formula is C20H19NO5. The van der Waals surface area contributed by atoms with Crippen molar-refractivity contribution in [2.75, 3.05) is 19.7 Å². The highest BCUT2D eigenvalue weighted by atomic mass is 16.5. The number of aldehydes is 1. The smallest absolute Gasteiger partial charge is 0.344 e. The lowest BCUT2D eigenvalue weighted by Crippen LogP contribution is -2.34. The van der Waals surface area contributed by atoms with Crippen LogP contribution in [0.4, 0.5) is 0 Å². The molecule has 1 aromatic heterocycles. The van der Waals surface area contributed by atoms with Gasteiger partial charge < -0.3 is 14.1 Å². The second-order valence-electron chi connectivity index (χ2n) is 5.83. The Bertz CT molecular complexity index is 1030. The van der Waals surface area contributed by atoms with Crippen LogP contribution < -0.4 is 10.4 Å². The number of nitrogens with zero attached hydrogens (tertiary/aromatic N) is 1. The Kier molecular flexibility index (Phi) is 5.02. The predicted octanol–water partition coefficient (Wildman–Crippen LogP) is 3.01. The normalized spacial score (nSPS) is 10.8. The molecule has 0 bridgehead atoms. The maximum atomic E-state index is 12.2. The van der Waals surface area contributed by atoms with Gasteiger partial charge in [-0.1, -0.05) is 12.1 Å². The van der Waals surface area contributed by atoms with Gasteiger partial charge in [0.1, 0.15) is 17.6 Å². The van der Waals surface area contributed by atoms with Crippen LogP contribution >= 0.6 is 0 Å². The van der Waals surface area contributed by atoms with E-state index in [0.717, 1.165) is 5.39 Å². The molecular weight excluding hydrogens is 334 g/mol. The third-order valence-electron chi connectivity index (χ3n) is 4.32. The standard InChI is InChI=1S/C20H19NO5/c1-3-21(4-2)19(23)12-25-14-6-8-16-15-7-5-13(11-22)9-17(15)20(24)26-18(16)10-14/h5-11H,3-4,12H2,1-2H3. The van der Waals surface area contributed by atoms with Gasteiger partial charge in [0.05, 0.1) is 5.39 Å². The number of hydrogen-bond donors (Lipinski definition) is 0. The summed E-state index contributed by atoms with van der Waals surface area (Å²) in [4.78, 5) is 36.8. The lowest BCUT2D eigenvalue weighted by Gasteiger charge is -2.18. The topological polar surface area (TPSA) is 76.8 Å². The van der Waals surface area contributed by atoms with E-state index in [1.54, 1.807) is 35.2 Å². The van der Waals surface area contributed by atoms with Gasteiger partial charge in [-0.3, -0.25) is 9.59 Å². The summed E-state index contributed by atoms with van der Waals surface area (Å²) < 4.78 is 10.9. The molecule has 0 aliphatic rings. The predicted molar refractivity (Wildman–Crippen MR) is 98.8 cm³/mol. The van der Waals surface area contributed by atoms with Gasteiger partial charge in [0.2, 0.25) is 0 Å². The highest BCUT2D eigenvalue weighted by molar-refractivity contribution is 6.05. The first-order chi connectivity index (χ1) is 12.6. The van der Waals surface area contributed by atoms with Crippen molar-refractivity contribution in [2.24, 2.45) is 0 Å². The molecule has 0 N–H and O–H groups in total. The summed E-state index contributed by atoms with van der Waals surface area (Å²) >= 11 is 0. The van der Waals surface area contributed by atoms with E-state index >= 15 is 0 Å². The zero-order valence-corrected chi connectivity index (χ0v) is 14.7. The number of rotatable bonds is 6. The van der Waals surface area contributed by atoms with Gasteiger partial charge in [-0.25, -0.2) is 4.79 Å². The number of carbonyl (C=O) groups is 2. The Labute approximate surface area is 150 Å². The highest BCUT2D eigenvalue weighted by Crippen LogP contribution is 2.26. The molecule has 0 atom stereocenters. The molecule has 0 spiro atoms. The fraction of sp³-hybridized carbons (Fsp3) is 0.250. The van der Waals surface area contributed by atoms with E-state index in [1.165, 1.54) is 6.07 Å². The molecule has 0 unspecified atom stereocenters. The Morgan fingerprint density at radius 1 is 1.08 bits per heavy atom. The molecule has 1 heterocycles. The van der Waals surface area contributed by atoms with Gasteiger partial charge in [-0.05, 0) is 37.4 Å². The van der Waals surface area contributed by atoms with E-state index in [0.29, 0.717) is 47.0 Å². The van der Waals surface area contributed by atoms with Crippen molar-refractivity contribution in [1.82, 2.24) is 4.90 Å². The largest absolute Gasteiger partial charge is 0.484 e. The van der Waals surface area contributed by atoms with Crippen LogP contribution in [0.25, 0.3) is 21.7 Å². The lowest BCUT2D eigenvalue weighted by molar-refractivity contribution is -0.132. The summed E-state index contributed by atoms with van der Waals surface area (Å²) in [7, 11) is 0. The molecule has 2 aromatic carbocycles. The fourth-order valence-electron chi connectivity index (χ4n) is 2.91. The Morgan fingerprint density at radius 2 is 1.81 bits per heavy atom. The molecule has 3 aromatic rings. The van der Waals surface area contributed by atoms with Crippen LogP contribution in [0.1, 0.15) is 24.2 Å². The summed E-state index contributed by atoms with van der Waals surface area (Å²) in [5, 5.41) is 1.79. The maximum absolute atomic E-state index is 12.2. The summed E-state index contributed by atoms with van der Waals surface area (Å²) in [5.74, 6) is 0.349. The summed E-state index contributed by atoms with van der Waals surface area (Å²) in [6, 6.07) is 9.99. The van der Waals surface area contributed by atoms with Crippen molar-refractivity contribution in [3.63, 3.8) is 0 Å². The van der Waals surface area contributed by atoms with Crippen LogP contribution in [0.5, 0.6) is 5.75 Å². The van der Waals surface area contributed by atoms with Crippen molar-refractivity contribution < 1.29 is 18.7 Å². The third-order valence-corrected chi connectivity index (χ3v) is 4.32. The molecule has 0 aliphatic heterocycles. The SMILES string of the molecule is CCN(CC)C(=O)COc1ccc2c(c1)oc(=O)c1cc(C=O)ccc12. The van der Waals surface area contributed by atoms with E-state index in [4.69, 9.17) is 9.15 Å². The number of hydrogen-bond acceptors (Lipinski definition) is 5. The number of ether oxygens (including phenoxy) is 1. The van der Waals surface area contributed by atoms with Gasteiger partial charge in [0.15, 0.2) is 6.61 Å². The van der Waals surface area contributed by atoms with Crippen molar-refractivity contribution in [2.45, 2.75) is 13.8 Å². The maximum Gasteiger partial charge on any atom is 0.344 e. The molecule has 6 nitrogen and oxygen atoms in total. The first kappa shape index (κ1) is 17.7. The van der Waals surface area contributed by atoms with Crippen LogP contribution in [-0.2, 0) is 4.79 Å². The van der Waals surface area contributed by atoms with Crippen molar-refractivity contribution >= 4 is 33.9 Å². The lowest BCUT2D eigenvalue weighted by atomic mass is 10.1. The van der Waals surface area contributed by atoms with E-state index in [2.05, 4.69) is 0 Å². The van der Waals surface area contributed by atoms with Crippen molar-refractivity contribution in [1.29, 1.82) is 0 Å². The summed E-state index contributed by atoms with van der Waals surface area (Å²) in [6.45, 7) is 4.99. The number of carbonyl (C=O) groups excluding carboxylic acids is 2. The minimum atomic E-state index is -0.521. The zero-order valence-electron chi connectivity index (χ0n) is 14.7. The second-order valence-corrected chi connectivity index (χ2v) is 5.83. The molecule has 0 saturated carbocycles. The van der Waals surface area contributed by atoms with Gasteiger partial charge in [-0.2, -0.15) is 0 Å². The molecule has 6 heteroatoms. The van der Waals surface area contributed by atoms with Crippen molar-refractivity contribution in [3.8, 4) is 5.75 Å². The van der Waals surface area contributed by atoms with Crippen LogP contribution in [0.2, 0.25) is 0 Å². The van der Waals surface area contributed by atoms with Gasteiger partial charge in [0, 0.05) is 30.1 Å². The number of fused-ring (bicyclic) bond motifs is 3. The fourth-order valence-corrected chi connectivity index (χ4v) is 2.91. The first-order valence-corrected chi connectivity index (χ1v) is 8.43. The third kappa shape index (κ3) is 3.31. The number of amides is 1. The molecule has 1 amide bonds. The van der Waals surface area contributed by atoms with Gasteiger partial charge >= 0.3 is 5.63 Å². The highest BCUT2D eigenvalue weighted by Gasteiger charge is 2.12. The molecule has 0 fully saturated rings. The van der Waals surface area contributed by atoms with Crippen LogP contribution in [0.15, 0.2) is 45.6 Å². The molecule has 26 heavy (non-hydrogen) atoms. The molecule has 0 radical (unpaired) electrons. The average molecular weight is 353 g/mol. The van der Waals surface area contributed by atoms with Crippen molar-refractivity contribution in [3.05, 3.63) is 52.4 Å².